The molecule has 1 saturated heterocycles. The molecule has 2 aromatic heterocycles. The van der Waals surface area contributed by atoms with Crippen LogP contribution in [-0.4, -0.2) is 41.0 Å². The van der Waals surface area contributed by atoms with Crippen LogP contribution in [0.3, 0.4) is 0 Å². The second kappa shape index (κ2) is 8.45. The highest BCUT2D eigenvalue weighted by Gasteiger charge is 2.13. The van der Waals surface area contributed by atoms with Crippen LogP contribution < -0.4 is 5.32 Å². The van der Waals surface area contributed by atoms with Gasteiger partial charge in [0.2, 0.25) is 0 Å². The molecule has 4 heteroatoms. The number of hydrogen-bond donors (Lipinski definition) is 1. The van der Waals surface area contributed by atoms with Crippen LogP contribution in [0.25, 0.3) is 43.6 Å². The minimum atomic E-state index is 0.806. The van der Waals surface area contributed by atoms with E-state index in [1.54, 1.807) is 0 Å². The van der Waals surface area contributed by atoms with Crippen molar-refractivity contribution in [3.05, 3.63) is 72.3 Å². The van der Waals surface area contributed by atoms with Crippen molar-refractivity contribution in [1.82, 2.24) is 20.2 Å². The molecule has 0 radical (unpaired) electrons. The van der Waals surface area contributed by atoms with E-state index in [0.717, 1.165) is 41.7 Å². The first-order valence-corrected chi connectivity index (χ1v) is 11.8. The van der Waals surface area contributed by atoms with Gasteiger partial charge >= 0.3 is 0 Å². The summed E-state index contributed by atoms with van der Waals surface area (Å²) in [6.07, 6.45) is 4.06. The lowest BCUT2D eigenvalue weighted by Crippen LogP contribution is -2.35. The lowest BCUT2D eigenvalue weighted by Gasteiger charge is -2.26. The van der Waals surface area contributed by atoms with E-state index in [-0.39, 0.29) is 0 Å². The fourth-order valence-corrected chi connectivity index (χ4v) is 5.03. The van der Waals surface area contributed by atoms with Gasteiger partial charge in [-0.1, -0.05) is 42.8 Å². The molecule has 1 N–H and O–H groups in total. The molecule has 3 aromatic carbocycles. The van der Waals surface area contributed by atoms with Gasteiger partial charge in [-0.15, -0.1) is 0 Å². The van der Waals surface area contributed by atoms with Crippen LogP contribution in [0.15, 0.2) is 66.7 Å². The highest BCUT2D eigenvalue weighted by atomic mass is 15.1. The predicted octanol–water partition coefficient (Wildman–Crippen LogP) is 5.66. The van der Waals surface area contributed by atoms with Gasteiger partial charge in [-0.05, 0) is 61.8 Å². The summed E-state index contributed by atoms with van der Waals surface area (Å²) in [4.78, 5) is 12.7. The summed E-state index contributed by atoms with van der Waals surface area (Å²) in [6.45, 7) is 5.40. The molecular formula is C28H28N4. The molecule has 32 heavy (non-hydrogen) atoms. The quantitative estimate of drug-likeness (QED) is 0.226. The van der Waals surface area contributed by atoms with Crippen molar-refractivity contribution < 1.29 is 0 Å². The van der Waals surface area contributed by atoms with Gasteiger partial charge in [0.05, 0.1) is 22.1 Å². The standard InChI is InChI=1S/C28H28N4/c1-6-13-32(14-7-1)15-12-29-19-22-18-27-23(16-20-8-2-4-10-25(20)30-27)24-17-21-9-3-5-11-26(21)31-28(22)24/h2-5,8-11,16-18,29H,1,6-7,12-15,19H2. The second-order valence-electron chi connectivity index (χ2n) is 8.94. The van der Waals surface area contributed by atoms with E-state index in [0.29, 0.717) is 0 Å². The molecule has 6 rings (SSSR count). The van der Waals surface area contributed by atoms with E-state index in [1.165, 1.54) is 59.5 Å². The number of aromatic nitrogens is 2. The van der Waals surface area contributed by atoms with Crippen LogP contribution in [0, 0.1) is 0 Å². The summed E-state index contributed by atoms with van der Waals surface area (Å²) in [5.41, 5.74) is 5.43. The Balaban J connectivity index is 1.42. The molecule has 4 nitrogen and oxygen atoms in total. The van der Waals surface area contributed by atoms with E-state index >= 15 is 0 Å². The highest BCUT2D eigenvalue weighted by molar-refractivity contribution is 6.12. The number of hydrogen-bond acceptors (Lipinski definition) is 4. The number of likely N-dealkylation sites (tertiary alicyclic amines) is 1. The number of fused-ring (bicyclic) bond motifs is 5. The Morgan fingerprint density at radius 2 is 1.41 bits per heavy atom. The molecule has 0 bridgehead atoms. The van der Waals surface area contributed by atoms with Crippen molar-refractivity contribution >= 4 is 43.6 Å². The number of benzene rings is 3. The SMILES string of the molecule is c1ccc2nc3cc(CNCCN4CCCCC4)c4nc5ccccc5cc4c3cc2c1. The molecule has 0 amide bonds. The normalized spacial score (nSPS) is 15.2. The average molecular weight is 421 g/mol. The van der Waals surface area contributed by atoms with Gasteiger partial charge in [0.1, 0.15) is 0 Å². The Morgan fingerprint density at radius 1 is 0.719 bits per heavy atom. The Labute approximate surface area is 188 Å². The zero-order valence-electron chi connectivity index (χ0n) is 18.3. The van der Waals surface area contributed by atoms with Crippen molar-refractivity contribution in [2.75, 3.05) is 26.2 Å². The summed E-state index contributed by atoms with van der Waals surface area (Å²) >= 11 is 0. The molecule has 3 heterocycles. The maximum absolute atomic E-state index is 5.10. The predicted molar refractivity (Wildman–Crippen MR) is 134 cm³/mol. The van der Waals surface area contributed by atoms with Crippen molar-refractivity contribution in [2.24, 2.45) is 0 Å². The van der Waals surface area contributed by atoms with Gasteiger partial charge in [-0.25, -0.2) is 9.97 Å². The summed E-state index contributed by atoms with van der Waals surface area (Å²) in [6, 6.07) is 23.5. The average Bonchev–Trinajstić information content (AvgIpc) is 2.85. The third-order valence-corrected chi connectivity index (χ3v) is 6.75. The van der Waals surface area contributed by atoms with Crippen LogP contribution in [0.5, 0.6) is 0 Å². The summed E-state index contributed by atoms with van der Waals surface area (Å²) in [5.74, 6) is 0. The smallest absolute Gasteiger partial charge is 0.0762 e. The van der Waals surface area contributed by atoms with Gasteiger partial charge in [0.15, 0.2) is 0 Å². The number of rotatable bonds is 5. The van der Waals surface area contributed by atoms with E-state index < -0.39 is 0 Å². The van der Waals surface area contributed by atoms with Crippen molar-refractivity contribution in [1.29, 1.82) is 0 Å². The summed E-state index contributed by atoms with van der Waals surface area (Å²) < 4.78 is 0. The summed E-state index contributed by atoms with van der Waals surface area (Å²) in [5, 5.41) is 8.38. The molecule has 0 unspecified atom stereocenters. The van der Waals surface area contributed by atoms with Crippen LogP contribution in [0.1, 0.15) is 24.8 Å². The number of para-hydroxylation sites is 2. The van der Waals surface area contributed by atoms with Crippen molar-refractivity contribution in [2.45, 2.75) is 25.8 Å². The van der Waals surface area contributed by atoms with Gasteiger partial charge < -0.3 is 10.2 Å². The molecule has 1 aliphatic rings. The van der Waals surface area contributed by atoms with Gasteiger partial charge in [-0.2, -0.15) is 0 Å². The van der Waals surface area contributed by atoms with E-state index in [9.17, 15) is 0 Å². The van der Waals surface area contributed by atoms with Crippen molar-refractivity contribution in [3.8, 4) is 0 Å². The molecular weight excluding hydrogens is 392 g/mol. The largest absolute Gasteiger partial charge is 0.311 e. The van der Waals surface area contributed by atoms with E-state index in [4.69, 9.17) is 9.97 Å². The van der Waals surface area contributed by atoms with E-state index in [2.05, 4.69) is 76.9 Å². The number of piperidine rings is 1. The van der Waals surface area contributed by atoms with Crippen LogP contribution >= 0.6 is 0 Å². The molecule has 5 aromatic rings. The zero-order chi connectivity index (χ0) is 21.3. The highest BCUT2D eigenvalue weighted by Crippen LogP contribution is 2.31. The number of nitrogens with zero attached hydrogens (tertiary/aromatic N) is 3. The molecule has 0 atom stereocenters. The minimum Gasteiger partial charge on any atom is -0.311 e. The lowest BCUT2D eigenvalue weighted by molar-refractivity contribution is 0.229. The van der Waals surface area contributed by atoms with Gasteiger partial charge in [0.25, 0.3) is 0 Å². The van der Waals surface area contributed by atoms with Gasteiger partial charge in [0, 0.05) is 41.2 Å². The molecule has 160 valence electrons. The topological polar surface area (TPSA) is 41.1 Å². The first kappa shape index (κ1) is 19.6. The summed E-state index contributed by atoms with van der Waals surface area (Å²) in [7, 11) is 0. The molecule has 0 aliphatic carbocycles. The van der Waals surface area contributed by atoms with Crippen LogP contribution in [0.2, 0.25) is 0 Å². The van der Waals surface area contributed by atoms with Crippen molar-refractivity contribution in [3.63, 3.8) is 0 Å². The molecule has 1 aliphatic heterocycles. The monoisotopic (exact) mass is 420 g/mol. The fraction of sp³-hybridized carbons (Fsp3) is 0.286. The number of nitrogens with one attached hydrogen (secondary N) is 1. The van der Waals surface area contributed by atoms with E-state index in [1.807, 2.05) is 0 Å². The van der Waals surface area contributed by atoms with Gasteiger partial charge in [-0.3, -0.25) is 0 Å². The maximum atomic E-state index is 5.10. The van der Waals surface area contributed by atoms with Crippen LogP contribution in [-0.2, 0) is 6.54 Å². The number of pyridine rings is 2. The lowest BCUT2D eigenvalue weighted by atomic mass is 10.0. The Morgan fingerprint density at radius 3 is 2.19 bits per heavy atom. The zero-order valence-corrected chi connectivity index (χ0v) is 18.3. The van der Waals surface area contributed by atoms with Crippen LogP contribution in [0.4, 0.5) is 0 Å². The fourth-order valence-electron chi connectivity index (χ4n) is 5.03. The maximum Gasteiger partial charge on any atom is 0.0762 e. The molecule has 0 spiro atoms. The first-order valence-electron chi connectivity index (χ1n) is 11.8. The third kappa shape index (κ3) is 3.70. The Bertz CT molecular complexity index is 1420. The Hall–Kier alpha value is -3.08. The third-order valence-electron chi connectivity index (χ3n) is 6.75. The second-order valence-corrected chi connectivity index (χ2v) is 8.94. The minimum absolute atomic E-state index is 0.806. The Kier molecular flexibility index (Phi) is 5.18. The molecule has 1 fully saturated rings. The first-order chi connectivity index (χ1) is 15.8. The molecule has 0 saturated carbocycles.